The minimum atomic E-state index is -3.02. The van der Waals surface area contributed by atoms with E-state index in [1.165, 1.54) is 64.5 Å². The van der Waals surface area contributed by atoms with Crippen LogP contribution in [-0.4, -0.2) is 52.3 Å². The van der Waals surface area contributed by atoms with Crippen LogP contribution in [0.2, 0.25) is 13.3 Å². The van der Waals surface area contributed by atoms with E-state index in [0.29, 0.717) is 0 Å². The molecule has 0 radical (unpaired) electrons. The molecule has 1 amide bonds. The Balaban J connectivity index is 2.71. The Hall–Kier alpha value is -1.53. The first-order valence-electron chi connectivity index (χ1n) is 13.6. The van der Waals surface area contributed by atoms with Gasteiger partial charge in [0.2, 0.25) is 0 Å². The number of ether oxygens (including phenoxy) is 1. The number of carbonyl (C=O) groups is 1. The van der Waals surface area contributed by atoms with Gasteiger partial charge in [0.05, 0.1) is 0 Å². The van der Waals surface area contributed by atoms with Crippen LogP contribution in [0.25, 0.3) is 0 Å². The van der Waals surface area contributed by atoms with Gasteiger partial charge in [-0.05, 0) is 0 Å². The summed E-state index contributed by atoms with van der Waals surface area (Å²) < 4.78 is 9.42. The first kappa shape index (κ1) is 29.7. The van der Waals surface area contributed by atoms with Gasteiger partial charge < -0.3 is 0 Å². The minimum absolute atomic E-state index is 0.109. The molecule has 0 unspecified atom stereocenters. The molecule has 0 saturated carbocycles. The molecule has 2 aromatic carbocycles. The Kier molecular flexibility index (Phi) is 13.8. The van der Waals surface area contributed by atoms with Crippen molar-refractivity contribution in [3.05, 3.63) is 71.8 Å². The molecule has 0 saturated heterocycles. The number of benzene rings is 2. The van der Waals surface area contributed by atoms with Crippen molar-refractivity contribution in [1.29, 1.82) is 0 Å². The van der Waals surface area contributed by atoms with Crippen LogP contribution in [0, 0.1) is 0 Å². The van der Waals surface area contributed by atoms with E-state index in [-0.39, 0.29) is 16.8 Å². The van der Waals surface area contributed by atoms with Crippen LogP contribution in [0.3, 0.4) is 0 Å². The number of aliphatic hydroxyl groups excluding tert-OH is 1. The van der Waals surface area contributed by atoms with E-state index in [9.17, 15) is 9.90 Å². The fraction of sp³-hybridized carbons (Fsp3) is 0.567. The number of hydrogen-bond acceptors (Lipinski definition) is 3. The van der Waals surface area contributed by atoms with E-state index in [2.05, 4.69) is 51.1 Å². The van der Waals surface area contributed by atoms with Crippen LogP contribution >= 0.6 is 0 Å². The molecule has 4 nitrogen and oxygen atoms in total. The zero-order chi connectivity index (χ0) is 25.5. The van der Waals surface area contributed by atoms with Gasteiger partial charge in [0.25, 0.3) is 0 Å². The van der Waals surface area contributed by atoms with Crippen molar-refractivity contribution < 1.29 is 14.6 Å². The SMILES string of the molecule is CCC[CH2][Sn]([CH2]CCC)([CH2]CCC)[C@@H](Cc1ccccc1)N(C(=O)OC)[C@@H](CO)c1ccccc1. The Morgan fingerprint density at radius 1 is 0.857 bits per heavy atom. The molecular formula is C30H47NO3Sn. The zero-order valence-electron chi connectivity index (χ0n) is 22.4. The van der Waals surface area contributed by atoms with Gasteiger partial charge in [0, 0.05) is 0 Å². The molecule has 194 valence electrons. The predicted molar refractivity (Wildman–Crippen MR) is 149 cm³/mol. The number of methoxy groups -OCH3 is 1. The molecule has 0 fully saturated rings. The predicted octanol–water partition coefficient (Wildman–Crippen LogP) is 7.79. The maximum absolute atomic E-state index is 13.6. The molecule has 35 heavy (non-hydrogen) atoms. The van der Waals surface area contributed by atoms with Crippen molar-refractivity contribution in [3.8, 4) is 0 Å². The second kappa shape index (κ2) is 16.3. The quantitative estimate of drug-likeness (QED) is 0.204. The van der Waals surface area contributed by atoms with Gasteiger partial charge in [-0.1, -0.05) is 0 Å². The molecule has 0 bridgehead atoms. The summed E-state index contributed by atoms with van der Waals surface area (Å²) in [4.78, 5) is 15.6. The molecule has 5 heteroatoms. The monoisotopic (exact) mass is 589 g/mol. The molecule has 0 heterocycles. The molecule has 0 aliphatic rings. The number of carbonyl (C=O) groups excluding carboxylic acids is 1. The second-order valence-corrected chi connectivity index (χ2v) is 23.8. The summed E-state index contributed by atoms with van der Waals surface area (Å²) in [5.41, 5.74) is 2.24. The van der Waals surface area contributed by atoms with Crippen LogP contribution in [0.1, 0.15) is 76.5 Å². The summed E-state index contributed by atoms with van der Waals surface area (Å²) in [5, 5.41) is 10.7. The fourth-order valence-corrected chi connectivity index (χ4v) is 24.0. The number of hydrogen-bond donors (Lipinski definition) is 1. The van der Waals surface area contributed by atoms with E-state index >= 15 is 0 Å². The average Bonchev–Trinajstić information content (AvgIpc) is 2.91. The van der Waals surface area contributed by atoms with E-state index < -0.39 is 24.4 Å². The van der Waals surface area contributed by atoms with Crippen LogP contribution in [0.5, 0.6) is 0 Å². The molecule has 2 rings (SSSR count). The number of aliphatic hydroxyl groups is 1. The summed E-state index contributed by atoms with van der Waals surface area (Å²) in [6, 6.07) is 20.2. The third-order valence-electron chi connectivity index (χ3n) is 7.48. The van der Waals surface area contributed by atoms with E-state index in [1.807, 2.05) is 35.2 Å². The van der Waals surface area contributed by atoms with Crippen LogP contribution < -0.4 is 0 Å². The molecule has 0 aliphatic heterocycles. The molecule has 1 N–H and O–H groups in total. The second-order valence-electron chi connectivity index (χ2n) is 9.86. The Bertz CT molecular complexity index is 808. The number of amides is 1. The molecule has 0 spiro atoms. The van der Waals surface area contributed by atoms with Gasteiger partial charge >= 0.3 is 219 Å². The van der Waals surface area contributed by atoms with Gasteiger partial charge in [-0.3, -0.25) is 0 Å². The van der Waals surface area contributed by atoms with Crippen molar-refractivity contribution in [2.75, 3.05) is 13.7 Å². The van der Waals surface area contributed by atoms with E-state index in [4.69, 9.17) is 4.74 Å². The van der Waals surface area contributed by atoms with E-state index in [1.54, 1.807) is 0 Å². The molecule has 2 atom stereocenters. The van der Waals surface area contributed by atoms with Gasteiger partial charge in [-0.25, -0.2) is 0 Å². The number of rotatable bonds is 16. The Labute approximate surface area is 218 Å². The topological polar surface area (TPSA) is 49.8 Å². The van der Waals surface area contributed by atoms with Crippen molar-refractivity contribution >= 4 is 24.5 Å². The van der Waals surface area contributed by atoms with Crippen LogP contribution in [-0.2, 0) is 11.2 Å². The van der Waals surface area contributed by atoms with Crippen LogP contribution in [0.15, 0.2) is 60.7 Å². The third-order valence-corrected chi connectivity index (χ3v) is 24.4. The van der Waals surface area contributed by atoms with Crippen LogP contribution in [0.4, 0.5) is 4.79 Å². The summed E-state index contributed by atoms with van der Waals surface area (Å²) in [6.07, 6.45) is 7.72. The summed E-state index contributed by atoms with van der Waals surface area (Å²) in [7, 11) is 1.48. The third kappa shape index (κ3) is 8.52. The van der Waals surface area contributed by atoms with Crippen molar-refractivity contribution in [2.24, 2.45) is 0 Å². The Morgan fingerprint density at radius 3 is 1.77 bits per heavy atom. The molecular weight excluding hydrogens is 541 g/mol. The molecule has 2 aromatic rings. The maximum atomic E-state index is 13.6. The van der Waals surface area contributed by atoms with Gasteiger partial charge in [-0.2, -0.15) is 0 Å². The van der Waals surface area contributed by atoms with Crippen molar-refractivity contribution in [1.82, 2.24) is 4.90 Å². The first-order chi connectivity index (χ1) is 17.1. The summed E-state index contributed by atoms with van der Waals surface area (Å²) in [5.74, 6) is 0. The number of unbranched alkanes of at least 4 members (excludes halogenated alkanes) is 3. The molecule has 0 aliphatic carbocycles. The number of nitrogens with zero attached hydrogens (tertiary/aromatic N) is 1. The van der Waals surface area contributed by atoms with E-state index in [0.717, 1.165) is 12.0 Å². The Morgan fingerprint density at radius 2 is 1.34 bits per heavy atom. The average molecular weight is 588 g/mol. The van der Waals surface area contributed by atoms with Gasteiger partial charge in [0.15, 0.2) is 0 Å². The van der Waals surface area contributed by atoms with Crippen molar-refractivity contribution in [2.45, 2.75) is 89.1 Å². The molecule has 0 aromatic heterocycles. The van der Waals surface area contributed by atoms with Gasteiger partial charge in [-0.15, -0.1) is 0 Å². The van der Waals surface area contributed by atoms with Crippen molar-refractivity contribution in [3.63, 3.8) is 0 Å². The van der Waals surface area contributed by atoms with Gasteiger partial charge in [0.1, 0.15) is 0 Å². The standard InChI is InChI=1S/C18H20NO3.3C4H9.Sn/c1-22-18(21)19(13-12-15-8-4-2-5-9-15)17(14-20)16-10-6-3-7-11-16;3*1-3-4-2;/h2-11,13,17,20H,12,14H2,1H3;3*1,3-4H2,2H3;/t17-;;;;/m0..../s1. The normalized spacial score (nSPS) is 13.3. The first-order valence-corrected chi connectivity index (χ1v) is 21.3. The fourth-order valence-electron chi connectivity index (χ4n) is 5.51. The summed E-state index contributed by atoms with van der Waals surface area (Å²) >= 11 is -3.02. The summed E-state index contributed by atoms with van der Waals surface area (Å²) in [6.45, 7) is 6.73. The zero-order valence-corrected chi connectivity index (χ0v) is 25.3.